The van der Waals surface area contributed by atoms with Gasteiger partial charge >= 0.3 is 0 Å². The molecule has 0 aliphatic rings. The van der Waals surface area contributed by atoms with E-state index in [1.54, 1.807) is 36.4 Å². The largest absolute Gasteiger partial charge is 0.497 e. The third kappa shape index (κ3) is 4.67. The Balaban J connectivity index is 2.02. The van der Waals surface area contributed by atoms with E-state index in [9.17, 15) is 13.2 Å². The van der Waals surface area contributed by atoms with Gasteiger partial charge in [-0.3, -0.25) is 4.79 Å². The summed E-state index contributed by atoms with van der Waals surface area (Å²) in [6, 6.07) is 12.7. The van der Waals surface area contributed by atoms with Crippen LogP contribution in [0, 0.1) is 0 Å². The molecule has 3 N–H and O–H groups in total. The van der Waals surface area contributed by atoms with E-state index in [2.05, 4.69) is 5.32 Å². The van der Waals surface area contributed by atoms with Crippen molar-refractivity contribution < 1.29 is 17.9 Å². The maximum Gasteiger partial charge on any atom is 0.238 e. The summed E-state index contributed by atoms with van der Waals surface area (Å²) in [6.45, 7) is 0. The molecule has 0 amide bonds. The molecular formula is C16H16N2O4S. The second kappa shape index (κ2) is 7.08. The highest BCUT2D eigenvalue weighted by Crippen LogP contribution is 2.14. The van der Waals surface area contributed by atoms with E-state index in [-0.39, 0.29) is 10.7 Å². The van der Waals surface area contributed by atoms with Gasteiger partial charge in [-0.25, -0.2) is 13.6 Å². The average molecular weight is 332 g/mol. The molecule has 2 rings (SSSR count). The van der Waals surface area contributed by atoms with Crippen molar-refractivity contribution in [3.63, 3.8) is 0 Å². The third-order valence-corrected chi connectivity index (χ3v) is 3.95. The normalized spacial score (nSPS) is 11.4. The summed E-state index contributed by atoms with van der Waals surface area (Å²) in [5.41, 5.74) is 1.14. The number of benzene rings is 2. The summed E-state index contributed by atoms with van der Waals surface area (Å²) in [6.07, 6.45) is 2.86. The highest BCUT2D eigenvalue weighted by molar-refractivity contribution is 7.89. The van der Waals surface area contributed by atoms with Crippen LogP contribution in [0.15, 0.2) is 65.7 Å². The number of ether oxygens (including phenoxy) is 1. The van der Waals surface area contributed by atoms with E-state index < -0.39 is 10.0 Å². The third-order valence-electron chi connectivity index (χ3n) is 3.02. The van der Waals surface area contributed by atoms with E-state index >= 15 is 0 Å². The lowest BCUT2D eigenvalue weighted by molar-refractivity contribution is 0.104. The van der Waals surface area contributed by atoms with Crippen LogP contribution in [0.25, 0.3) is 0 Å². The number of anilines is 1. The molecule has 23 heavy (non-hydrogen) atoms. The van der Waals surface area contributed by atoms with E-state index in [4.69, 9.17) is 9.88 Å². The first kappa shape index (κ1) is 16.7. The molecule has 2 aromatic rings. The summed E-state index contributed by atoms with van der Waals surface area (Å²) in [7, 11) is -2.17. The quantitative estimate of drug-likeness (QED) is 0.624. The predicted octanol–water partition coefficient (Wildman–Crippen LogP) is 2.15. The second-order valence-electron chi connectivity index (χ2n) is 4.64. The fraction of sp³-hybridized carbons (Fsp3) is 0.0625. The molecule has 0 aliphatic carbocycles. The maximum atomic E-state index is 12.0. The van der Waals surface area contributed by atoms with Gasteiger partial charge in [0, 0.05) is 23.5 Å². The van der Waals surface area contributed by atoms with E-state index in [1.807, 2.05) is 0 Å². The number of carbonyl (C=O) groups excluding carboxylic acids is 1. The summed E-state index contributed by atoms with van der Waals surface area (Å²) in [4.78, 5) is 12.0. The average Bonchev–Trinajstić information content (AvgIpc) is 2.54. The molecule has 6 nitrogen and oxygen atoms in total. The van der Waals surface area contributed by atoms with Gasteiger partial charge in [0.2, 0.25) is 10.0 Å². The molecule has 0 aromatic heterocycles. The highest BCUT2D eigenvalue weighted by atomic mass is 32.2. The van der Waals surface area contributed by atoms with Crippen LogP contribution in [-0.4, -0.2) is 21.3 Å². The van der Waals surface area contributed by atoms with Gasteiger partial charge in [-0.1, -0.05) is 12.1 Å². The Morgan fingerprint density at radius 1 is 1.17 bits per heavy atom. The molecule has 0 heterocycles. The van der Waals surface area contributed by atoms with Crippen molar-refractivity contribution in [3.8, 4) is 5.75 Å². The zero-order valence-corrected chi connectivity index (χ0v) is 13.2. The number of ketones is 1. The van der Waals surface area contributed by atoms with E-state index in [1.165, 1.54) is 31.5 Å². The molecule has 0 spiro atoms. The molecule has 0 atom stereocenters. The Morgan fingerprint density at radius 2 is 1.87 bits per heavy atom. The molecule has 7 heteroatoms. The zero-order valence-electron chi connectivity index (χ0n) is 12.4. The molecule has 0 radical (unpaired) electrons. The van der Waals surface area contributed by atoms with Gasteiger partial charge in [-0.2, -0.15) is 0 Å². The summed E-state index contributed by atoms with van der Waals surface area (Å²) >= 11 is 0. The molecule has 0 saturated carbocycles. The summed E-state index contributed by atoms with van der Waals surface area (Å²) in [5, 5.41) is 7.90. The van der Waals surface area contributed by atoms with Gasteiger partial charge < -0.3 is 10.1 Å². The number of allylic oxidation sites excluding steroid dienone is 1. The zero-order chi connectivity index (χ0) is 16.9. The van der Waals surface area contributed by atoms with Crippen molar-refractivity contribution in [2.24, 2.45) is 5.14 Å². The van der Waals surface area contributed by atoms with Gasteiger partial charge in [0.1, 0.15) is 5.75 Å². The SMILES string of the molecule is COc1cccc(C(=O)/C=C\Nc2ccc(S(N)(=O)=O)cc2)c1. The Bertz CT molecular complexity index is 827. The minimum absolute atomic E-state index is 0.0273. The molecule has 0 bridgehead atoms. The number of nitrogens with two attached hydrogens (primary N) is 1. The number of rotatable bonds is 6. The van der Waals surface area contributed by atoms with Crippen LogP contribution in [0.3, 0.4) is 0 Å². The Morgan fingerprint density at radius 3 is 2.48 bits per heavy atom. The molecule has 0 unspecified atom stereocenters. The van der Waals surface area contributed by atoms with Crippen LogP contribution < -0.4 is 15.2 Å². The molecule has 0 saturated heterocycles. The fourth-order valence-corrected chi connectivity index (χ4v) is 2.34. The van der Waals surface area contributed by atoms with Crippen molar-refractivity contribution in [3.05, 3.63) is 66.4 Å². The monoisotopic (exact) mass is 332 g/mol. The fourth-order valence-electron chi connectivity index (χ4n) is 1.83. The Kier molecular flexibility index (Phi) is 5.15. The van der Waals surface area contributed by atoms with E-state index in [0.29, 0.717) is 17.0 Å². The Hall–Kier alpha value is -2.64. The smallest absolute Gasteiger partial charge is 0.238 e. The number of methoxy groups -OCH3 is 1. The summed E-state index contributed by atoms with van der Waals surface area (Å²) < 4.78 is 27.4. The van der Waals surface area contributed by atoms with Gasteiger partial charge in [0.05, 0.1) is 12.0 Å². The maximum absolute atomic E-state index is 12.0. The first-order valence-electron chi connectivity index (χ1n) is 6.64. The van der Waals surface area contributed by atoms with Crippen molar-refractivity contribution >= 4 is 21.5 Å². The number of primary sulfonamides is 1. The van der Waals surface area contributed by atoms with Crippen molar-refractivity contribution in [2.75, 3.05) is 12.4 Å². The standard InChI is InChI=1S/C16H16N2O4S/c1-22-14-4-2-3-12(11-14)16(19)9-10-18-13-5-7-15(8-6-13)23(17,20)21/h2-11,18H,1H3,(H2,17,20,21)/b10-9-. The van der Waals surface area contributed by atoms with Gasteiger partial charge in [0.25, 0.3) is 0 Å². The van der Waals surface area contributed by atoms with Crippen molar-refractivity contribution in [1.82, 2.24) is 0 Å². The lowest BCUT2D eigenvalue weighted by Crippen LogP contribution is -2.11. The molecule has 2 aromatic carbocycles. The first-order valence-corrected chi connectivity index (χ1v) is 8.19. The van der Waals surface area contributed by atoms with Gasteiger partial charge in [0.15, 0.2) is 5.78 Å². The summed E-state index contributed by atoms with van der Waals surface area (Å²) in [5.74, 6) is 0.424. The van der Waals surface area contributed by atoms with Crippen molar-refractivity contribution in [1.29, 1.82) is 0 Å². The first-order chi connectivity index (χ1) is 10.9. The van der Waals surface area contributed by atoms with Crippen molar-refractivity contribution in [2.45, 2.75) is 4.90 Å². The lowest BCUT2D eigenvalue weighted by atomic mass is 10.1. The highest BCUT2D eigenvalue weighted by Gasteiger charge is 2.06. The van der Waals surface area contributed by atoms with Crippen LogP contribution in [0.1, 0.15) is 10.4 Å². The predicted molar refractivity (Wildman–Crippen MR) is 87.9 cm³/mol. The lowest BCUT2D eigenvalue weighted by Gasteiger charge is -2.03. The van der Waals surface area contributed by atoms with Crippen LogP contribution >= 0.6 is 0 Å². The topological polar surface area (TPSA) is 98.5 Å². The van der Waals surface area contributed by atoms with Gasteiger partial charge in [-0.05, 0) is 36.4 Å². The van der Waals surface area contributed by atoms with Crippen LogP contribution in [0.4, 0.5) is 5.69 Å². The number of nitrogens with one attached hydrogen (secondary N) is 1. The molecule has 120 valence electrons. The number of hydrogen-bond donors (Lipinski definition) is 2. The van der Waals surface area contributed by atoms with Crippen LogP contribution in [0.2, 0.25) is 0 Å². The Labute approximate surface area is 134 Å². The van der Waals surface area contributed by atoms with Crippen LogP contribution in [-0.2, 0) is 10.0 Å². The molecular weight excluding hydrogens is 316 g/mol. The minimum Gasteiger partial charge on any atom is -0.497 e. The van der Waals surface area contributed by atoms with Gasteiger partial charge in [-0.15, -0.1) is 0 Å². The molecule has 0 aliphatic heterocycles. The number of carbonyl (C=O) groups is 1. The number of hydrogen-bond acceptors (Lipinski definition) is 5. The van der Waals surface area contributed by atoms with Crippen LogP contribution in [0.5, 0.6) is 5.75 Å². The second-order valence-corrected chi connectivity index (χ2v) is 6.20. The minimum atomic E-state index is -3.71. The number of sulfonamides is 1. The van der Waals surface area contributed by atoms with E-state index in [0.717, 1.165) is 0 Å². The molecule has 0 fully saturated rings.